The van der Waals surface area contributed by atoms with Gasteiger partial charge in [0.25, 0.3) is 0 Å². The lowest BCUT2D eigenvalue weighted by Gasteiger charge is -1.93. The maximum atomic E-state index is 10.1. The third-order valence-corrected chi connectivity index (χ3v) is 0.905. The molecule has 0 aliphatic heterocycles. The second-order valence-electron chi connectivity index (χ2n) is 2.38. The van der Waals surface area contributed by atoms with E-state index in [-0.39, 0.29) is 5.92 Å². The van der Waals surface area contributed by atoms with Crippen LogP contribution in [-0.4, -0.2) is 5.97 Å². The van der Waals surface area contributed by atoms with Gasteiger partial charge >= 0.3 is 5.97 Å². The maximum absolute atomic E-state index is 10.1. The van der Waals surface area contributed by atoms with Gasteiger partial charge in [0.05, 0.1) is 0 Å². The molecule has 0 rings (SSSR count). The summed E-state index contributed by atoms with van der Waals surface area (Å²) in [6, 6.07) is 0. The van der Waals surface area contributed by atoms with Gasteiger partial charge < -0.3 is 0 Å². The maximum Gasteiger partial charge on any atom is 0.381 e. The van der Waals surface area contributed by atoms with E-state index in [4.69, 9.17) is 0 Å². The zero-order chi connectivity index (χ0) is 7.44. The van der Waals surface area contributed by atoms with Crippen LogP contribution < -0.4 is 0 Å². The van der Waals surface area contributed by atoms with E-state index < -0.39 is 5.97 Å². The van der Waals surface area contributed by atoms with Gasteiger partial charge in [0.1, 0.15) is 0 Å². The molecule has 0 fully saturated rings. The van der Waals surface area contributed by atoms with E-state index in [0.717, 1.165) is 0 Å². The molecule has 0 aliphatic rings. The molecule has 9 heavy (non-hydrogen) atoms. The monoisotopic (exact) mass is 127 g/mol. The Balaban J connectivity index is 4.00. The second-order valence-corrected chi connectivity index (χ2v) is 2.38. The van der Waals surface area contributed by atoms with Crippen molar-refractivity contribution in [2.24, 2.45) is 5.92 Å². The van der Waals surface area contributed by atoms with Gasteiger partial charge in [0.2, 0.25) is 0 Å². The Morgan fingerprint density at radius 1 is 1.44 bits per heavy atom. The highest BCUT2D eigenvalue weighted by Gasteiger charge is 2.01. The van der Waals surface area contributed by atoms with Crippen LogP contribution in [0.5, 0.6) is 0 Å². The minimum absolute atomic E-state index is 0.280. The normalized spacial score (nSPS) is 12.2. The summed E-state index contributed by atoms with van der Waals surface area (Å²) in [6.45, 7) is 5.38. The number of carbonyl (C=O) groups excluding carboxylic acids is 1. The van der Waals surface area contributed by atoms with Crippen molar-refractivity contribution in [3.63, 3.8) is 0 Å². The molecule has 0 aromatic carbocycles. The smallest absolute Gasteiger partial charge is 0.242 e. The molecule has 0 spiro atoms. The van der Waals surface area contributed by atoms with Crippen molar-refractivity contribution >= 4 is 5.97 Å². The van der Waals surface area contributed by atoms with Crippen molar-refractivity contribution < 1.29 is 9.90 Å². The Morgan fingerprint density at radius 3 is 2.00 bits per heavy atom. The van der Waals surface area contributed by atoms with Crippen LogP contribution in [0.15, 0.2) is 11.6 Å². The van der Waals surface area contributed by atoms with Crippen LogP contribution in [0.1, 0.15) is 20.8 Å². The van der Waals surface area contributed by atoms with Crippen molar-refractivity contribution in [3.8, 4) is 0 Å². The van der Waals surface area contributed by atoms with Crippen LogP contribution in [0.4, 0.5) is 0 Å². The molecule has 0 amide bonds. The van der Waals surface area contributed by atoms with Crippen LogP contribution in [0.2, 0.25) is 0 Å². The average Bonchev–Trinajstić information content (AvgIpc) is 1.63. The minimum atomic E-state index is -1.08. The fraction of sp³-hybridized carbons (Fsp3) is 0.571. The molecular weight excluding hydrogens is 116 g/mol. The highest BCUT2D eigenvalue weighted by molar-refractivity contribution is 5.85. The molecular formula is C7H11O2. The van der Waals surface area contributed by atoms with E-state index in [1.165, 1.54) is 6.92 Å². The predicted octanol–water partition coefficient (Wildman–Crippen LogP) is 1.55. The molecule has 0 N–H and O–H groups in total. The molecule has 1 radical (unpaired) electrons. The van der Waals surface area contributed by atoms with Gasteiger partial charge in [0.15, 0.2) is 0 Å². The standard InChI is InChI=1S/C7H11O2/c1-5(2)4-6(3)7(8)9/h4-5H,1-3H3. The molecule has 0 heterocycles. The Bertz CT molecular complexity index is 134. The van der Waals surface area contributed by atoms with E-state index in [0.29, 0.717) is 5.57 Å². The number of allylic oxidation sites excluding steroid dienone is 1. The fourth-order valence-corrected chi connectivity index (χ4v) is 0.568. The third kappa shape index (κ3) is 3.76. The van der Waals surface area contributed by atoms with Gasteiger partial charge in [-0.2, -0.15) is 0 Å². The molecule has 0 aromatic heterocycles. The van der Waals surface area contributed by atoms with Gasteiger partial charge in [-0.25, -0.2) is 9.90 Å². The summed E-state index contributed by atoms with van der Waals surface area (Å²) in [5, 5.41) is 10.1. The Hall–Kier alpha value is -0.790. The van der Waals surface area contributed by atoms with Crippen molar-refractivity contribution in [1.29, 1.82) is 0 Å². The molecule has 0 saturated carbocycles. The minimum Gasteiger partial charge on any atom is -0.242 e. The van der Waals surface area contributed by atoms with Gasteiger partial charge in [-0.3, -0.25) is 0 Å². The number of hydrogen-bond acceptors (Lipinski definition) is 1. The molecule has 0 bridgehead atoms. The summed E-state index contributed by atoms with van der Waals surface area (Å²) in [6.07, 6.45) is 1.66. The highest BCUT2D eigenvalue weighted by Crippen LogP contribution is 2.00. The van der Waals surface area contributed by atoms with Gasteiger partial charge in [-0.15, -0.1) is 0 Å². The molecule has 0 aliphatic carbocycles. The first kappa shape index (κ1) is 8.21. The highest BCUT2D eigenvalue weighted by atomic mass is 16.4. The number of carbonyl (C=O) groups is 1. The zero-order valence-corrected chi connectivity index (χ0v) is 5.97. The van der Waals surface area contributed by atoms with Crippen molar-refractivity contribution in [2.75, 3.05) is 0 Å². The number of rotatable bonds is 2. The van der Waals surface area contributed by atoms with Crippen LogP contribution in [0.25, 0.3) is 0 Å². The summed E-state index contributed by atoms with van der Waals surface area (Å²) < 4.78 is 0. The van der Waals surface area contributed by atoms with Gasteiger partial charge in [-0.05, 0) is 12.8 Å². The van der Waals surface area contributed by atoms with Crippen LogP contribution in [0.3, 0.4) is 0 Å². The van der Waals surface area contributed by atoms with E-state index in [1.54, 1.807) is 6.08 Å². The van der Waals surface area contributed by atoms with E-state index in [2.05, 4.69) is 0 Å². The van der Waals surface area contributed by atoms with E-state index >= 15 is 0 Å². The first-order valence-corrected chi connectivity index (χ1v) is 2.93. The SMILES string of the molecule is CC(=CC(C)C)C([O])=O. The van der Waals surface area contributed by atoms with Crippen LogP contribution in [-0.2, 0) is 9.90 Å². The van der Waals surface area contributed by atoms with Crippen molar-refractivity contribution in [2.45, 2.75) is 20.8 Å². The molecule has 0 saturated heterocycles. The largest absolute Gasteiger partial charge is 0.381 e. The lowest BCUT2D eigenvalue weighted by Crippen LogP contribution is -1.95. The van der Waals surface area contributed by atoms with Crippen LogP contribution >= 0.6 is 0 Å². The topological polar surface area (TPSA) is 37.0 Å². The molecule has 51 valence electrons. The lowest BCUT2D eigenvalue weighted by molar-refractivity contribution is -0.138. The fourth-order valence-electron chi connectivity index (χ4n) is 0.568. The summed E-state index contributed by atoms with van der Waals surface area (Å²) in [5.74, 6) is -0.799. The van der Waals surface area contributed by atoms with Crippen molar-refractivity contribution in [3.05, 3.63) is 11.6 Å². The van der Waals surface area contributed by atoms with Gasteiger partial charge in [-0.1, -0.05) is 19.9 Å². The van der Waals surface area contributed by atoms with Crippen molar-refractivity contribution in [1.82, 2.24) is 0 Å². The third-order valence-electron chi connectivity index (χ3n) is 0.905. The first-order valence-electron chi connectivity index (χ1n) is 2.93. The molecule has 2 heteroatoms. The molecule has 0 aromatic rings. The molecule has 2 nitrogen and oxygen atoms in total. The summed E-state index contributed by atoms with van der Waals surface area (Å²) in [7, 11) is 0. The Morgan fingerprint density at radius 2 is 1.89 bits per heavy atom. The second kappa shape index (κ2) is 3.28. The van der Waals surface area contributed by atoms with Crippen LogP contribution in [0, 0.1) is 5.92 Å². The van der Waals surface area contributed by atoms with E-state index in [1.807, 2.05) is 13.8 Å². The zero-order valence-electron chi connectivity index (χ0n) is 5.97. The van der Waals surface area contributed by atoms with E-state index in [9.17, 15) is 9.90 Å². The summed E-state index contributed by atoms with van der Waals surface area (Å²) >= 11 is 0. The Labute approximate surface area is 55.2 Å². The average molecular weight is 127 g/mol. The molecule has 0 unspecified atom stereocenters. The lowest BCUT2D eigenvalue weighted by atomic mass is 10.1. The summed E-state index contributed by atoms with van der Waals surface area (Å²) in [5.41, 5.74) is 0.310. The number of hydrogen-bond donors (Lipinski definition) is 0. The molecule has 0 atom stereocenters. The quantitative estimate of drug-likeness (QED) is 0.518. The Kier molecular flexibility index (Phi) is 2.99. The van der Waals surface area contributed by atoms with Gasteiger partial charge in [0, 0.05) is 5.57 Å². The predicted molar refractivity (Wildman–Crippen MR) is 34.3 cm³/mol. The first-order chi connectivity index (χ1) is 4.04. The summed E-state index contributed by atoms with van der Waals surface area (Å²) in [4.78, 5) is 10.1.